The van der Waals surface area contributed by atoms with Crippen LogP contribution in [-0.2, 0) is 20.3 Å². The summed E-state index contributed by atoms with van der Waals surface area (Å²) in [6, 6.07) is 4.73. The SMILES string of the molecule is CC(=O)NC[C@H]1CN(c2ccc(N3CCCS(=O)CCC3)c(F)c2)C(=O)O1. The summed E-state index contributed by atoms with van der Waals surface area (Å²) in [5.41, 5.74) is 0.925. The van der Waals surface area contributed by atoms with Crippen LogP contribution >= 0.6 is 0 Å². The predicted molar refractivity (Wildman–Crippen MR) is 102 cm³/mol. The standard InChI is InChI=1S/C18H24FN3O4S/c1-13(23)20-11-15-12-22(18(24)26-15)14-4-5-17(16(19)10-14)21-6-2-8-27(25)9-3-7-21/h4-5,10,15H,2-3,6-9,11-12H2,1H3,(H,20,23)/t15-/m0/s1. The molecule has 1 aromatic carbocycles. The number of ether oxygens (including phenoxy) is 1. The summed E-state index contributed by atoms with van der Waals surface area (Å²) in [6.45, 7) is 3.20. The predicted octanol–water partition coefficient (Wildman–Crippen LogP) is 1.64. The number of hydrogen-bond acceptors (Lipinski definition) is 5. The highest BCUT2D eigenvalue weighted by Gasteiger charge is 2.33. The first kappa shape index (κ1) is 19.6. The van der Waals surface area contributed by atoms with E-state index in [1.807, 2.05) is 4.90 Å². The van der Waals surface area contributed by atoms with E-state index in [4.69, 9.17) is 4.74 Å². The van der Waals surface area contributed by atoms with Crippen molar-refractivity contribution >= 4 is 34.2 Å². The first-order chi connectivity index (χ1) is 12.9. The maximum absolute atomic E-state index is 14.7. The summed E-state index contributed by atoms with van der Waals surface area (Å²) in [5, 5.41) is 2.61. The van der Waals surface area contributed by atoms with E-state index in [-0.39, 0.29) is 19.0 Å². The van der Waals surface area contributed by atoms with Gasteiger partial charge in [0.2, 0.25) is 5.91 Å². The van der Waals surface area contributed by atoms with E-state index in [2.05, 4.69) is 5.32 Å². The minimum absolute atomic E-state index is 0.197. The minimum atomic E-state index is -0.768. The zero-order valence-corrected chi connectivity index (χ0v) is 16.1. The Kier molecular flexibility index (Phi) is 6.30. The Hall–Kier alpha value is -2.16. The highest BCUT2D eigenvalue weighted by Crippen LogP contribution is 2.28. The molecule has 2 saturated heterocycles. The normalized spacial score (nSPS) is 21.6. The Morgan fingerprint density at radius 3 is 2.67 bits per heavy atom. The molecule has 7 nitrogen and oxygen atoms in total. The monoisotopic (exact) mass is 397 g/mol. The molecule has 2 amide bonds. The van der Waals surface area contributed by atoms with Crippen LogP contribution in [0.5, 0.6) is 0 Å². The average molecular weight is 397 g/mol. The number of cyclic esters (lactones) is 1. The van der Waals surface area contributed by atoms with Crippen LogP contribution in [0.15, 0.2) is 18.2 Å². The zero-order chi connectivity index (χ0) is 19.4. The second kappa shape index (κ2) is 8.69. The molecule has 148 valence electrons. The van der Waals surface area contributed by atoms with Gasteiger partial charge in [-0.05, 0) is 31.0 Å². The molecule has 3 rings (SSSR count). The van der Waals surface area contributed by atoms with Gasteiger partial charge in [-0.15, -0.1) is 0 Å². The number of benzene rings is 1. The van der Waals surface area contributed by atoms with Gasteiger partial charge in [-0.2, -0.15) is 0 Å². The van der Waals surface area contributed by atoms with Gasteiger partial charge in [-0.1, -0.05) is 0 Å². The fourth-order valence-electron chi connectivity index (χ4n) is 3.30. The van der Waals surface area contributed by atoms with Crippen molar-refractivity contribution in [3.63, 3.8) is 0 Å². The number of rotatable bonds is 4. The maximum Gasteiger partial charge on any atom is 0.414 e. The molecule has 2 heterocycles. The molecule has 0 bridgehead atoms. The molecule has 0 spiro atoms. The van der Waals surface area contributed by atoms with E-state index in [0.717, 1.165) is 12.8 Å². The first-order valence-corrected chi connectivity index (χ1v) is 10.5. The average Bonchev–Trinajstić information content (AvgIpc) is 2.97. The highest BCUT2D eigenvalue weighted by atomic mass is 32.2. The van der Waals surface area contributed by atoms with Crippen molar-refractivity contribution in [3.05, 3.63) is 24.0 Å². The van der Waals surface area contributed by atoms with Crippen LogP contribution in [0.2, 0.25) is 0 Å². The zero-order valence-electron chi connectivity index (χ0n) is 15.3. The number of halogens is 1. The topological polar surface area (TPSA) is 79.0 Å². The number of nitrogens with one attached hydrogen (secondary N) is 1. The smallest absolute Gasteiger partial charge is 0.414 e. The van der Waals surface area contributed by atoms with Crippen LogP contribution < -0.4 is 15.1 Å². The molecule has 1 N–H and O–H groups in total. The molecule has 0 aliphatic carbocycles. The van der Waals surface area contributed by atoms with Crippen LogP contribution in [0, 0.1) is 5.82 Å². The van der Waals surface area contributed by atoms with Gasteiger partial charge in [0, 0.05) is 42.3 Å². The van der Waals surface area contributed by atoms with E-state index in [0.29, 0.717) is 36.0 Å². The van der Waals surface area contributed by atoms with Crippen LogP contribution in [0.25, 0.3) is 0 Å². The van der Waals surface area contributed by atoms with Crippen LogP contribution in [0.3, 0.4) is 0 Å². The maximum atomic E-state index is 14.7. The van der Waals surface area contributed by atoms with E-state index in [1.165, 1.54) is 17.9 Å². The third kappa shape index (κ3) is 4.97. The molecule has 2 fully saturated rings. The van der Waals surface area contributed by atoms with Crippen LogP contribution in [0.4, 0.5) is 20.6 Å². The van der Waals surface area contributed by atoms with Gasteiger partial charge in [-0.3, -0.25) is 13.9 Å². The van der Waals surface area contributed by atoms with Crippen molar-refractivity contribution in [1.82, 2.24) is 5.32 Å². The van der Waals surface area contributed by atoms with E-state index in [9.17, 15) is 18.2 Å². The van der Waals surface area contributed by atoms with Gasteiger partial charge in [0.15, 0.2) is 0 Å². The van der Waals surface area contributed by atoms with Gasteiger partial charge in [0.05, 0.1) is 24.5 Å². The quantitative estimate of drug-likeness (QED) is 0.836. The highest BCUT2D eigenvalue weighted by molar-refractivity contribution is 7.84. The van der Waals surface area contributed by atoms with Gasteiger partial charge in [-0.25, -0.2) is 9.18 Å². The molecule has 0 radical (unpaired) electrons. The lowest BCUT2D eigenvalue weighted by atomic mass is 10.2. The number of carbonyl (C=O) groups excluding carboxylic acids is 2. The summed E-state index contributed by atoms with van der Waals surface area (Å²) in [4.78, 5) is 26.4. The van der Waals surface area contributed by atoms with Crippen molar-refractivity contribution < 1.29 is 22.9 Å². The van der Waals surface area contributed by atoms with Gasteiger partial charge in [0.25, 0.3) is 0 Å². The molecular formula is C18H24FN3O4S. The molecule has 2 aliphatic heterocycles. The second-order valence-electron chi connectivity index (χ2n) is 6.73. The minimum Gasteiger partial charge on any atom is -0.442 e. The Balaban J connectivity index is 1.68. The van der Waals surface area contributed by atoms with Crippen molar-refractivity contribution in [2.45, 2.75) is 25.9 Å². The van der Waals surface area contributed by atoms with Crippen molar-refractivity contribution in [1.29, 1.82) is 0 Å². The molecule has 2 aliphatic rings. The van der Waals surface area contributed by atoms with Gasteiger partial charge < -0.3 is 15.0 Å². The Morgan fingerprint density at radius 1 is 1.33 bits per heavy atom. The number of amides is 2. The first-order valence-electron chi connectivity index (χ1n) is 9.06. The molecule has 9 heteroatoms. The third-order valence-electron chi connectivity index (χ3n) is 4.64. The van der Waals surface area contributed by atoms with Crippen molar-refractivity contribution in [3.8, 4) is 0 Å². The fourth-order valence-corrected chi connectivity index (χ4v) is 4.41. The number of anilines is 2. The number of nitrogens with zero attached hydrogens (tertiary/aromatic N) is 2. The van der Waals surface area contributed by atoms with E-state index in [1.54, 1.807) is 12.1 Å². The molecule has 0 aromatic heterocycles. The lowest BCUT2D eigenvalue weighted by Crippen LogP contribution is -2.33. The molecular weight excluding hydrogens is 373 g/mol. The van der Waals surface area contributed by atoms with Gasteiger partial charge >= 0.3 is 6.09 Å². The van der Waals surface area contributed by atoms with E-state index >= 15 is 0 Å². The lowest BCUT2D eigenvalue weighted by Gasteiger charge is -2.27. The second-order valence-corrected chi connectivity index (χ2v) is 8.43. The molecule has 1 aromatic rings. The molecule has 1 atom stereocenters. The molecule has 0 unspecified atom stereocenters. The van der Waals surface area contributed by atoms with Crippen molar-refractivity contribution in [2.75, 3.05) is 47.5 Å². The lowest BCUT2D eigenvalue weighted by molar-refractivity contribution is -0.119. The summed E-state index contributed by atoms with van der Waals surface area (Å²) in [5.74, 6) is 0.695. The van der Waals surface area contributed by atoms with Crippen LogP contribution in [-0.4, -0.2) is 60.0 Å². The fraction of sp³-hybridized carbons (Fsp3) is 0.556. The molecule has 0 saturated carbocycles. The van der Waals surface area contributed by atoms with Crippen molar-refractivity contribution in [2.24, 2.45) is 0 Å². The van der Waals surface area contributed by atoms with Crippen LogP contribution in [0.1, 0.15) is 19.8 Å². The Morgan fingerprint density at radius 2 is 2.04 bits per heavy atom. The largest absolute Gasteiger partial charge is 0.442 e. The summed E-state index contributed by atoms with van der Waals surface area (Å²) < 4.78 is 31.6. The van der Waals surface area contributed by atoms with Gasteiger partial charge in [0.1, 0.15) is 11.9 Å². The number of carbonyl (C=O) groups is 2. The van der Waals surface area contributed by atoms with E-state index < -0.39 is 28.8 Å². The summed E-state index contributed by atoms with van der Waals surface area (Å²) in [6.07, 6.45) is 0.513. The number of hydrogen-bond donors (Lipinski definition) is 1. The molecule has 27 heavy (non-hydrogen) atoms. The Bertz CT molecular complexity index is 733. The summed E-state index contributed by atoms with van der Waals surface area (Å²) >= 11 is 0. The summed E-state index contributed by atoms with van der Waals surface area (Å²) in [7, 11) is -0.768. The Labute approximate surface area is 160 Å². The third-order valence-corrected chi connectivity index (χ3v) is 6.12.